The number of anilines is 1. The maximum Gasteiger partial charge on any atom is 0.280 e. The van der Waals surface area contributed by atoms with Crippen molar-refractivity contribution in [2.45, 2.75) is 20.3 Å². The van der Waals surface area contributed by atoms with Gasteiger partial charge in [-0.15, -0.1) is 0 Å². The Hall–Kier alpha value is -0.840. The summed E-state index contributed by atoms with van der Waals surface area (Å²) < 4.78 is 0.587. The predicted molar refractivity (Wildman–Crippen MR) is 67.7 cm³/mol. The molecule has 1 N–H and O–H groups in total. The van der Waals surface area contributed by atoms with Gasteiger partial charge in [0.25, 0.3) is 5.56 Å². The summed E-state index contributed by atoms with van der Waals surface area (Å²) in [5.74, 6) is 1.32. The first kappa shape index (κ1) is 11.6. The molecule has 0 unspecified atom stereocenters. The molecule has 88 valence electrons. The molecule has 0 bridgehead atoms. The summed E-state index contributed by atoms with van der Waals surface area (Å²) in [4.78, 5) is 13.7. The predicted octanol–water partition coefficient (Wildman–Crippen LogP) is 2.01. The number of nitrogens with one attached hydrogen (secondary N) is 1. The SMILES string of the molecule is C[C@@H]1C[C@@H](C)CN(c2cn[nH]c(=O)c2Br)C1. The Morgan fingerprint density at radius 2 is 2.06 bits per heavy atom. The van der Waals surface area contributed by atoms with Crippen molar-refractivity contribution in [3.8, 4) is 0 Å². The third-order valence-corrected chi connectivity index (χ3v) is 3.75. The van der Waals surface area contributed by atoms with Gasteiger partial charge in [-0.2, -0.15) is 5.10 Å². The highest BCUT2D eigenvalue weighted by Gasteiger charge is 2.24. The molecule has 1 aliphatic heterocycles. The van der Waals surface area contributed by atoms with Crippen molar-refractivity contribution in [1.82, 2.24) is 10.2 Å². The second-order valence-corrected chi connectivity index (χ2v) is 5.54. The molecule has 2 rings (SSSR count). The third-order valence-electron chi connectivity index (χ3n) is 2.99. The molecule has 0 aliphatic carbocycles. The van der Waals surface area contributed by atoms with Crippen LogP contribution in [0.25, 0.3) is 0 Å². The van der Waals surface area contributed by atoms with E-state index in [0.717, 1.165) is 18.8 Å². The van der Waals surface area contributed by atoms with E-state index in [4.69, 9.17) is 0 Å². The van der Waals surface area contributed by atoms with E-state index in [-0.39, 0.29) is 5.56 Å². The molecule has 1 fully saturated rings. The minimum Gasteiger partial charge on any atom is -0.369 e. The van der Waals surface area contributed by atoms with Crippen LogP contribution in [-0.4, -0.2) is 23.3 Å². The second-order valence-electron chi connectivity index (χ2n) is 4.75. The maximum absolute atomic E-state index is 11.5. The minimum absolute atomic E-state index is 0.164. The van der Waals surface area contributed by atoms with Crippen LogP contribution in [0.4, 0.5) is 5.69 Å². The molecule has 5 heteroatoms. The van der Waals surface area contributed by atoms with Gasteiger partial charge in [0.05, 0.1) is 11.9 Å². The van der Waals surface area contributed by atoms with E-state index in [0.29, 0.717) is 16.3 Å². The van der Waals surface area contributed by atoms with Gasteiger partial charge in [-0.1, -0.05) is 13.8 Å². The monoisotopic (exact) mass is 285 g/mol. The molecule has 4 nitrogen and oxygen atoms in total. The Balaban J connectivity index is 2.30. The quantitative estimate of drug-likeness (QED) is 0.859. The minimum atomic E-state index is -0.164. The van der Waals surface area contributed by atoms with Gasteiger partial charge in [-0.25, -0.2) is 5.10 Å². The molecule has 16 heavy (non-hydrogen) atoms. The zero-order chi connectivity index (χ0) is 11.7. The van der Waals surface area contributed by atoms with Gasteiger partial charge in [-0.3, -0.25) is 4.79 Å². The van der Waals surface area contributed by atoms with Gasteiger partial charge in [0.15, 0.2) is 0 Å². The first-order valence-electron chi connectivity index (χ1n) is 5.56. The number of rotatable bonds is 1. The molecule has 1 aromatic rings. The Kier molecular flexibility index (Phi) is 3.33. The van der Waals surface area contributed by atoms with Crippen molar-refractivity contribution in [3.63, 3.8) is 0 Å². The fourth-order valence-electron chi connectivity index (χ4n) is 2.45. The topological polar surface area (TPSA) is 49.0 Å². The van der Waals surface area contributed by atoms with Crippen LogP contribution in [0.15, 0.2) is 15.5 Å². The van der Waals surface area contributed by atoms with E-state index < -0.39 is 0 Å². The van der Waals surface area contributed by atoms with Crippen LogP contribution in [-0.2, 0) is 0 Å². The van der Waals surface area contributed by atoms with Crippen LogP contribution in [0.5, 0.6) is 0 Å². The van der Waals surface area contributed by atoms with E-state index in [9.17, 15) is 4.79 Å². The first-order chi connectivity index (χ1) is 7.58. The number of hydrogen-bond donors (Lipinski definition) is 1. The summed E-state index contributed by atoms with van der Waals surface area (Å²) in [6, 6.07) is 0. The third kappa shape index (κ3) is 2.29. The number of H-pyrrole nitrogens is 1. The van der Waals surface area contributed by atoms with E-state index in [2.05, 4.69) is 44.9 Å². The highest BCUT2D eigenvalue weighted by atomic mass is 79.9. The van der Waals surface area contributed by atoms with Crippen molar-refractivity contribution in [3.05, 3.63) is 21.0 Å². The van der Waals surface area contributed by atoms with E-state index >= 15 is 0 Å². The lowest BCUT2D eigenvalue weighted by Gasteiger charge is -2.36. The lowest BCUT2D eigenvalue weighted by molar-refractivity contribution is 0.356. The van der Waals surface area contributed by atoms with Crippen LogP contribution in [0.2, 0.25) is 0 Å². The molecule has 0 saturated carbocycles. The van der Waals surface area contributed by atoms with Gasteiger partial charge < -0.3 is 4.90 Å². The fourth-order valence-corrected chi connectivity index (χ4v) is 2.90. The van der Waals surface area contributed by atoms with Gasteiger partial charge in [0.1, 0.15) is 4.47 Å². The van der Waals surface area contributed by atoms with E-state index in [1.807, 2.05) is 0 Å². The smallest absolute Gasteiger partial charge is 0.280 e. The summed E-state index contributed by atoms with van der Waals surface area (Å²) in [6.07, 6.45) is 2.97. The average molecular weight is 286 g/mol. The Morgan fingerprint density at radius 3 is 2.69 bits per heavy atom. The highest BCUT2D eigenvalue weighted by Crippen LogP contribution is 2.28. The van der Waals surface area contributed by atoms with Gasteiger partial charge in [0, 0.05) is 13.1 Å². The fraction of sp³-hybridized carbons (Fsp3) is 0.636. The molecule has 0 aromatic carbocycles. The second kappa shape index (κ2) is 4.57. The number of nitrogens with zero attached hydrogens (tertiary/aromatic N) is 2. The summed E-state index contributed by atoms with van der Waals surface area (Å²) in [6.45, 7) is 6.48. The number of hydrogen-bond acceptors (Lipinski definition) is 3. The van der Waals surface area contributed by atoms with Crippen LogP contribution in [0, 0.1) is 11.8 Å². The van der Waals surface area contributed by atoms with Crippen molar-refractivity contribution in [2.75, 3.05) is 18.0 Å². The van der Waals surface area contributed by atoms with E-state index in [1.54, 1.807) is 6.20 Å². The summed E-state index contributed by atoms with van der Waals surface area (Å²) >= 11 is 3.33. The summed E-state index contributed by atoms with van der Waals surface area (Å²) in [5, 5.41) is 6.28. The van der Waals surface area contributed by atoms with Crippen molar-refractivity contribution in [2.24, 2.45) is 11.8 Å². The van der Waals surface area contributed by atoms with Crippen molar-refractivity contribution in [1.29, 1.82) is 0 Å². The molecular formula is C11H16BrN3O. The Bertz CT molecular complexity index is 421. The van der Waals surface area contributed by atoms with Gasteiger partial charge in [0.2, 0.25) is 0 Å². The standard InChI is InChI=1S/C11H16BrN3O/c1-7-3-8(2)6-15(5-7)9-4-13-14-11(16)10(9)12/h4,7-8H,3,5-6H2,1-2H3,(H,14,16)/t7-,8-/m1/s1. The Labute approximate surface area is 103 Å². The van der Waals surface area contributed by atoms with Gasteiger partial charge in [-0.05, 0) is 34.2 Å². The van der Waals surface area contributed by atoms with Crippen molar-refractivity contribution < 1.29 is 0 Å². The van der Waals surface area contributed by atoms with Gasteiger partial charge >= 0.3 is 0 Å². The largest absolute Gasteiger partial charge is 0.369 e. The summed E-state index contributed by atoms with van der Waals surface area (Å²) in [5.41, 5.74) is 0.741. The number of halogens is 1. The average Bonchev–Trinajstić information content (AvgIpc) is 2.20. The number of piperidine rings is 1. The maximum atomic E-state index is 11.5. The molecule has 2 atom stereocenters. The highest BCUT2D eigenvalue weighted by molar-refractivity contribution is 9.10. The lowest BCUT2D eigenvalue weighted by Crippen LogP contribution is -2.39. The molecule has 2 heterocycles. The van der Waals surface area contributed by atoms with Crippen LogP contribution >= 0.6 is 15.9 Å². The normalized spacial score (nSPS) is 25.8. The van der Waals surface area contributed by atoms with Crippen LogP contribution in [0.1, 0.15) is 20.3 Å². The molecule has 0 radical (unpaired) electrons. The number of aromatic amines is 1. The van der Waals surface area contributed by atoms with Crippen LogP contribution in [0.3, 0.4) is 0 Å². The van der Waals surface area contributed by atoms with E-state index in [1.165, 1.54) is 6.42 Å². The molecule has 0 spiro atoms. The molecule has 1 aliphatic rings. The molecule has 0 amide bonds. The lowest BCUT2D eigenvalue weighted by atomic mass is 9.92. The zero-order valence-corrected chi connectivity index (χ0v) is 11.1. The number of aromatic nitrogens is 2. The molecular weight excluding hydrogens is 270 g/mol. The molecule has 1 saturated heterocycles. The van der Waals surface area contributed by atoms with Crippen molar-refractivity contribution >= 4 is 21.6 Å². The Morgan fingerprint density at radius 1 is 1.44 bits per heavy atom. The zero-order valence-electron chi connectivity index (χ0n) is 9.53. The van der Waals surface area contributed by atoms with Crippen LogP contribution < -0.4 is 10.5 Å². The first-order valence-corrected chi connectivity index (χ1v) is 6.35. The molecule has 1 aromatic heterocycles. The summed E-state index contributed by atoms with van der Waals surface area (Å²) in [7, 11) is 0.